The first-order valence-electron chi connectivity index (χ1n) is 8.29. The topological polar surface area (TPSA) is 76.0 Å². The van der Waals surface area contributed by atoms with Gasteiger partial charge in [-0.15, -0.1) is 0 Å². The van der Waals surface area contributed by atoms with Crippen LogP contribution in [0, 0.1) is 17.8 Å². The summed E-state index contributed by atoms with van der Waals surface area (Å²) in [6.45, 7) is 11.1. The van der Waals surface area contributed by atoms with Crippen molar-refractivity contribution < 1.29 is 24.5 Å². The maximum atomic E-state index is 11.5. The van der Waals surface area contributed by atoms with Gasteiger partial charge in [0.05, 0.1) is 18.3 Å². The van der Waals surface area contributed by atoms with Crippen molar-refractivity contribution in [1.29, 1.82) is 0 Å². The van der Waals surface area contributed by atoms with Gasteiger partial charge >= 0.3 is 5.97 Å². The molecule has 7 atom stereocenters. The summed E-state index contributed by atoms with van der Waals surface area (Å²) in [5.74, 6) is -0.937. The second kappa shape index (κ2) is 10.2. The third-order valence-corrected chi connectivity index (χ3v) is 4.83. The van der Waals surface area contributed by atoms with E-state index in [0.717, 1.165) is 0 Å². The molecule has 0 aliphatic carbocycles. The van der Waals surface area contributed by atoms with Gasteiger partial charge < -0.3 is 19.7 Å². The fraction of sp³-hybridized carbons (Fsp3) is 0.941. The predicted molar refractivity (Wildman–Crippen MR) is 86.4 cm³/mol. The summed E-state index contributed by atoms with van der Waals surface area (Å²) in [6, 6.07) is 0. The molecule has 5 heteroatoms. The highest BCUT2D eigenvalue weighted by Gasteiger charge is 2.35. The van der Waals surface area contributed by atoms with Crippen molar-refractivity contribution in [2.75, 3.05) is 7.11 Å². The van der Waals surface area contributed by atoms with Crippen LogP contribution in [0.5, 0.6) is 0 Å². The Morgan fingerprint density at radius 2 is 1.45 bits per heavy atom. The minimum atomic E-state index is -0.754. The van der Waals surface area contributed by atoms with Gasteiger partial charge in [-0.2, -0.15) is 0 Å². The fourth-order valence-corrected chi connectivity index (χ4v) is 2.69. The van der Waals surface area contributed by atoms with E-state index >= 15 is 0 Å². The maximum absolute atomic E-state index is 11.5. The molecule has 0 aliphatic heterocycles. The number of aliphatic hydroxyl groups is 2. The fourth-order valence-electron chi connectivity index (χ4n) is 2.69. The van der Waals surface area contributed by atoms with E-state index in [0.29, 0.717) is 12.8 Å². The number of methoxy groups -OCH3 is 1. The number of ether oxygens (including phenoxy) is 2. The Labute approximate surface area is 135 Å². The lowest BCUT2D eigenvalue weighted by atomic mass is 9.80. The van der Waals surface area contributed by atoms with Gasteiger partial charge in [0.2, 0.25) is 0 Å². The minimum absolute atomic E-state index is 0.0971. The zero-order chi connectivity index (χ0) is 17.4. The SMILES string of the molecule is CCC(=O)O[C@H](CC)[C@@H](C)[C@H](O)[C@H](C)[C@H](O)[C@@H](C)[C@H](C)OC. The van der Waals surface area contributed by atoms with Crippen LogP contribution in [0.2, 0.25) is 0 Å². The predicted octanol–water partition coefficient (Wildman–Crippen LogP) is 2.38. The number of rotatable bonds is 10. The highest BCUT2D eigenvalue weighted by atomic mass is 16.5. The first kappa shape index (κ1) is 21.4. The lowest BCUT2D eigenvalue weighted by molar-refractivity contribution is -0.156. The van der Waals surface area contributed by atoms with Crippen molar-refractivity contribution in [3.05, 3.63) is 0 Å². The normalized spacial score (nSPS) is 21.3. The molecule has 0 rings (SSSR count). The molecule has 0 saturated carbocycles. The van der Waals surface area contributed by atoms with Crippen molar-refractivity contribution in [3.63, 3.8) is 0 Å². The van der Waals surface area contributed by atoms with Gasteiger partial charge in [-0.1, -0.05) is 34.6 Å². The van der Waals surface area contributed by atoms with Crippen LogP contribution < -0.4 is 0 Å². The van der Waals surface area contributed by atoms with Gasteiger partial charge in [-0.05, 0) is 13.3 Å². The van der Waals surface area contributed by atoms with Crippen molar-refractivity contribution in [3.8, 4) is 0 Å². The molecule has 0 saturated heterocycles. The second-order valence-electron chi connectivity index (χ2n) is 6.29. The number of aliphatic hydroxyl groups excluding tert-OH is 2. The molecule has 0 aliphatic rings. The van der Waals surface area contributed by atoms with Crippen molar-refractivity contribution in [2.24, 2.45) is 17.8 Å². The molecule has 0 bridgehead atoms. The minimum Gasteiger partial charge on any atom is -0.462 e. The van der Waals surface area contributed by atoms with E-state index in [1.54, 1.807) is 14.0 Å². The third kappa shape index (κ3) is 5.86. The average molecular weight is 318 g/mol. The van der Waals surface area contributed by atoms with E-state index in [9.17, 15) is 15.0 Å². The third-order valence-electron chi connectivity index (χ3n) is 4.83. The van der Waals surface area contributed by atoms with Crippen LogP contribution in [0.1, 0.15) is 54.4 Å². The molecule has 2 N–H and O–H groups in total. The lowest BCUT2D eigenvalue weighted by Gasteiger charge is -2.35. The van der Waals surface area contributed by atoms with Crippen LogP contribution in [0.3, 0.4) is 0 Å². The number of hydrogen-bond donors (Lipinski definition) is 2. The summed E-state index contributed by atoms with van der Waals surface area (Å²) in [5, 5.41) is 21.0. The summed E-state index contributed by atoms with van der Waals surface area (Å²) >= 11 is 0. The van der Waals surface area contributed by atoms with Crippen LogP contribution >= 0.6 is 0 Å². The molecule has 0 spiro atoms. The average Bonchev–Trinajstić information content (AvgIpc) is 2.54. The number of esters is 1. The highest BCUT2D eigenvalue weighted by Crippen LogP contribution is 2.27. The molecule has 0 aromatic heterocycles. The quantitative estimate of drug-likeness (QED) is 0.605. The Morgan fingerprint density at radius 1 is 0.955 bits per heavy atom. The van der Waals surface area contributed by atoms with E-state index in [-0.39, 0.29) is 35.9 Å². The van der Waals surface area contributed by atoms with E-state index in [1.807, 2.05) is 34.6 Å². The van der Waals surface area contributed by atoms with E-state index in [1.165, 1.54) is 0 Å². The second-order valence-corrected chi connectivity index (χ2v) is 6.29. The van der Waals surface area contributed by atoms with Crippen molar-refractivity contribution >= 4 is 5.97 Å². The molecule has 5 nitrogen and oxygen atoms in total. The Balaban J connectivity index is 4.82. The van der Waals surface area contributed by atoms with Crippen LogP contribution in [-0.2, 0) is 14.3 Å². The number of carbonyl (C=O) groups is 1. The standard InChI is InChI=1S/C17H34O5/c1-8-14(22-15(18)9-2)11(4)17(20)12(5)16(19)10(3)13(6)21-7/h10-14,16-17,19-20H,8-9H2,1-7H3/t10-,11+,12+,13-,14+,16+,17-/m0/s1. The molecule has 0 radical (unpaired) electrons. The van der Waals surface area contributed by atoms with Gasteiger partial charge in [0.15, 0.2) is 0 Å². The molecule has 0 fully saturated rings. The van der Waals surface area contributed by atoms with Gasteiger partial charge in [-0.25, -0.2) is 0 Å². The van der Waals surface area contributed by atoms with Gasteiger partial charge in [0.1, 0.15) is 6.10 Å². The number of carbonyl (C=O) groups excluding carboxylic acids is 1. The van der Waals surface area contributed by atoms with Gasteiger partial charge in [-0.3, -0.25) is 4.79 Å². The summed E-state index contributed by atoms with van der Waals surface area (Å²) in [5.41, 5.74) is 0. The smallest absolute Gasteiger partial charge is 0.305 e. The molecular formula is C17H34O5. The maximum Gasteiger partial charge on any atom is 0.305 e. The summed E-state index contributed by atoms with van der Waals surface area (Å²) in [7, 11) is 1.61. The summed E-state index contributed by atoms with van der Waals surface area (Å²) in [4.78, 5) is 11.5. The number of hydrogen-bond acceptors (Lipinski definition) is 5. The first-order valence-corrected chi connectivity index (χ1v) is 8.29. The molecule has 0 heterocycles. The summed E-state index contributed by atoms with van der Waals surface area (Å²) in [6.07, 6.45) is -0.925. The molecule has 132 valence electrons. The zero-order valence-corrected chi connectivity index (χ0v) is 15.1. The molecule has 0 unspecified atom stereocenters. The molecular weight excluding hydrogens is 284 g/mol. The Morgan fingerprint density at radius 3 is 1.86 bits per heavy atom. The van der Waals surface area contributed by atoms with Crippen LogP contribution in [0.4, 0.5) is 0 Å². The van der Waals surface area contributed by atoms with Gasteiger partial charge in [0.25, 0.3) is 0 Å². The Kier molecular flexibility index (Phi) is 9.89. The molecule has 0 aromatic carbocycles. The Bertz CT molecular complexity index is 320. The van der Waals surface area contributed by atoms with Gasteiger partial charge in [0, 0.05) is 31.3 Å². The summed E-state index contributed by atoms with van der Waals surface area (Å²) < 4.78 is 10.6. The van der Waals surface area contributed by atoms with E-state index in [4.69, 9.17) is 9.47 Å². The Hall–Kier alpha value is -0.650. The zero-order valence-electron chi connectivity index (χ0n) is 15.1. The molecule has 0 aromatic rings. The van der Waals surface area contributed by atoms with E-state index < -0.39 is 12.2 Å². The molecule has 22 heavy (non-hydrogen) atoms. The monoisotopic (exact) mass is 318 g/mol. The van der Waals surface area contributed by atoms with E-state index in [2.05, 4.69) is 0 Å². The lowest BCUT2D eigenvalue weighted by Crippen LogP contribution is -2.44. The van der Waals surface area contributed by atoms with Crippen molar-refractivity contribution in [2.45, 2.75) is 78.8 Å². The largest absolute Gasteiger partial charge is 0.462 e. The highest BCUT2D eigenvalue weighted by molar-refractivity contribution is 5.69. The van der Waals surface area contributed by atoms with Crippen molar-refractivity contribution in [1.82, 2.24) is 0 Å². The van der Waals surface area contributed by atoms with Crippen LogP contribution in [0.15, 0.2) is 0 Å². The van der Waals surface area contributed by atoms with Crippen LogP contribution in [0.25, 0.3) is 0 Å². The molecule has 0 amide bonds. The first-order chi connectivity index (χ1) is 10.2. The van der Waals surface area contributed by atoms with Crippen LogP contribution in [-0.4, -0.2) is 47.7 Å².